The highest BCUT2D eigenvalue weighted by atomic mass is 32.2. The zero-order valence-corrected chi connectivity index (χ0v) is 11.7. The first-order valence-electron chi connectivity index (χ1n) is 6.24. The number of hydrogen-bond acceptors (Lipinski definition) is 3. The molecule has 18 heavy (non-hydrogen) atoms. The number of ether oxygens (including phenoxy) is 1. The minimum absolute atomic E-state index is 0.354. The lowest BCUT2D eigenvalue weighted by molar-refractivity contribution is 0.116. The molecular weight excluding hydrogens is 242 g/mol. The quantitative estimate of drug-likeness (QED) is 0.736. The number of hydrogen-bond donors (Lipinski definition) is 0. The summed E-state index contributed by atoms with van der Waals surface area (Å²) in [4.78, 5) is 4.47. The molecule has 96 valence electrons. The zero-order chi connectivity index (χ0) is 12.8. The van der Waals surface area contributed by atoms with E-state index in [-0.39, 0.29) is 0 Å². The molecule has 0 aliphatic rings. The first kappa shape index (κ1) is 13.4. The van der Waals surface area contributed by atoms with Crippen LogP contribution >= 0.6 is 11.8 Å². The lowest BCUT2D eigenvalue weighted by Gasteiger charge is -2.08. The van der Waals surface area contributed by atoms with Crippen molar-refractivity contribution >= 4 is 22.7 Å². The zero-order valence-electron chi connectivity index (χ0n) is 10.9. The Hall–Kier alpha value is -1.06. The van der Waals surface area contributed by atoms with E-state index >= 15 is 0 Å². The van der Waals surface area contributed by atoms with Gasteiger partial charge in [0.05, 0.1) is 11.6 Å². The second kappa shape index (κ2) is 6.76. The first-order chi connectivity index (χ1) is 8.79. The Balaban J connectivity index is 1.88. The van der Waals surface area contributed by atoms with E-state index in [1.54, 1.807) is 7.11 Å². The molecular formula is C15H19NOS. The monoisotopic (exact) mass is 261 g/mol. The third-order valence-electron chi connectivity index (χ3n) is 2.99. The van der Waals surface area contributed by atoms with Crippen LogP contribution < -0.4 is 0 Å². The number of benzene rings is 1. The summed E-state index contributed by atoms with van der Waals surface area (Å²) in [5.41, 5.74) is 2.36. The molecule has 0 bridgehead atoms. The number of fused-ring (bicyclic) bond motifs is 1. The van der Waals surface area contributed by atoms with Crippen LogP contribution in [0.15, 0.2) is 36.5 Å². The van der Waals surface area contributed by atoms with Crippen molar-refractivity contribution in [2.24, 2.45) is 0 Å². The molecule has 0 amide bonds. The Labute approximate surface area is 113 Å². The molecule has 0 spiro atoms. The summed E-state index contributed by atoms with van der Waals surface area (Å²) in [6.07, 6.45) is 3.43. The van der Waals surface area contributed by atoms with E-state index in [9.17, 15) is 0 Å². The van der Waals surface area contributed by atoms with Crippen molar-refractivity contribution < 1.29 is 4.74 Å². The predicted molar refractivity (Wildman–Crippen MR) is 79.0 cm³/mol. The smallest absolute Gasteiger partial charge is 0.0702 e. The molecule has 0 radical (unpaired) electrons. The molecule has 1 aromatic heterocycles. The Kier molecular flexibility index (Phi) is 5.02. The van der Waals surface area contributed by atoms with Crippen LogP contribution in [-0.2, 0) is 10.5 Å². The van der Waals surface area contributed by atoms with Crippen LogP contribution in [0.4, 0.5) is 0 Å². The lowest BCUT2D eigenvalue weighted by Crippen LogP contribution is -2.05. The second-order valence-corrected chi connectivity index (χ2v) is 5.53. The summed E-state index contributed by atoms with van der Waals surface area (Å²) in [5, 5.41) is 1.22. The third-order valence-corrected chi connectivity index (χ3v) is 4.05. The molecule has 0 aliphatic heterocycles. The van der Waals surface area contributed by atoms with Crippen LogP contribution in [0.2, 0.25) is 0 Å². The molecule has 0 N–H and O–H groups in total. The van der Waals surface area contributed by atoms with Crippen LogP contribution in [0.1, 0.15) is 18.9 Å². The van der Waals surface area contributed by atoms with Crippen molar-refractivity contribution in [3.05, 3.63) is 42.1 Å². The Bertz CT molecular complexity index is 501. The molecule has 0 saturated heterocycles. The van der Waals surface area contributed by atoms with Crippen molar-refractivity contribution in [3.8, 4) is 0 Å². The summed E-state index contributed by atoms with van der Waals surface area (Å²) in [5.74, 6) is 2.15. The van der Waals surface area contributed by atoms with Gasteiger partial charge < -0.3 is 4.74 Å². The van der Waals surface area contributed by atoms with Crippen molar-refractivity contribution in [1.82, 2.24) is 4.98 Å². The van der Waals surface area contributed by atoms with Crippen LogP contribution in [0.3, 0.4) is 0 Å². The van der Waals surface area contributed by atoms with Gasteiger partial charge in [0.1, 0.15) is 0 Å². The Morgan fingerprint density at radius 1 is 1.33 bits per heavy atom. The van der Waals surface area contributed by atoms with Crippen LogP contribution in [-0.4, -0.2) is 24.0 Å². The molecule has 2 nitrogen and oxygen atoms in total. The molecule has 1 heterocycles. The molecule has 0 aliphatic carbocycles. The summed E-state index contributed by atoms with van der Waals surface area (Å²) in [6, 6.07) is 10.5. The van der Waals surface area contributed by atoms with Gasteiger partial charge in [-0.3, -0.25) is 4.98 Å². The molecule has 0 saturated carbocycles. The average Bonchev–Trinajstić information content (AvgIpc) is 2.43. The Morgan fingerprint density at radius 3 is 3.00 bits per heavy atom. The molecule has 1 aromatic carbocycles. The minimum Gasteiger partial charge on any atom is -0.382 e. The minimum atomic E-state index is 0.354. The van der Waals surface area contributed by atoms with Crippen molar-refractivity contribution in [3.63, 3.8) is 0 Å². The van der Waals surface area contributed by atoms with E-state index in [1.165, 1.54) is 10.9 Å². The van der Waals surface area contributed by atoms with E-state index in [1.807, 2.05) is 30.1 Å². The van der Waals surface area contributed by atoms with Crippen LogP contribution in [0, 0.1) is 0 Å². The van der Waals surface area contributed by atoms with E-state index in [4.69, 9.17) is 4.74 Å². The summed E-state index contributed by atoms with van der Waals surface area (Å²) in [7, 11) is 1.77. The normalized spacial score (nSPS) is 12.8. The highest BCUT2D eigenvalue weighted by molar-refractivity contribution is 7.98. The molecule has 0 fully saturated rings. The second-order valence-electron chi connectivity index (χ2n) is 4.42. The fourth-order valence-corrected chi connectivity index (χ4v) is 2.79. The van der Waals surface area contributed by atoms with Gasteiger partial charge in [-0.05, 0) is 36.8 Å². The summed E-state index contributed by atoms with van der Waals surface area (Å²) in [6.45, 7) is 2.11. The SMILES string of the molecule is CO[C@H](C)CCSCc1cnc2ccccc2c1. The van der Waals surface area contributed by atoms with Gasteiger partial charge in [-0.15, -0.1) is 0 Å². The van der Waals surface area contributed by atoms with Crippen molar-refractivity contribution in [2.45, 2.75) is 25.2 Å². The van der Waals surface area contributed by atoms with Gasteiger partial charge >= 0.3 is 0 Å². The van der Waals surface area contributed by atoms with Gasteiger partial charge in [0.15, 0.2) is 0 Å². The standard InChI is InChI=1S/C15H19NOS/c1-12(17-2)7-8-18-11-13-9-14-5-3-4-6-15(14)16-10-13/h3-6,9-10,12H,7-8,11H2,1-2H3/t12-/m1/s1. The molecule has 2 aromatic rings. The predicted octanol–water partition coefficient (Wildman–Crippen LogP) is 3.89. The summed E-state index contributed by atoms with van der Waals surface area (Å²) < 4.78 is 5.23. The fourth-order valence-electron chi connectivity index (χ4n) is 1.75. The lowest BCUT2D eigenvalue weighted by atomic mass is 10.2. The average molecular weight is 261 g/mol. The van der Waals surface area contributed by atoms with Crippen LogP contribution in [0.25, 0.3) is 10.9 Å². The summed E-state index contributed by atoms with van der Waals surface area (Å²) >= 11 is 1.94. The van der Waals surface area contributed by atoms with Crippen molar-refractivity contribution in [1.29, 1.82) is 0 Å². The molecule has 0 unspecified atom stereocenters. The van der Waals surface area contributed by atoms with E-state index < -0.39 is 0 Å². The van der Waals surface area contributed by atoms with Gasteiger partial charge in [-0.1, -0.05) is 18.2 Å². The maximum absolute atomic E-state index is 5.23. The topological polar surface area (TPSA) is 22.1 Å². The van der Waals surface area contributed by atoms with E-state index in [0.717, 1.165) is 23.4 Å². The van der Waals surface area contributed by atoms with E-state index in [2.05, 4.69) is 30.1 Å². The first-order valence-corrected chi connectivity index (χ1v) is 7.39. The van der Waals surface area contributed by atoms with E-state index in [0.29, 0.717) is 6.10 Å². The molecule has 2 rings (SSSR count). The van der Waals surface area contributed by atoms with Gasteiger partial charge in [0.2, 0.25) is 0 Å². The van der Waals surface area contributed by atoms with Gasteiger partial charge in [0, 0.05) is 24.4 Å². The fraction of sp³-hybridized carbons (Fsp3) is 0.400. The number of nitrogens with zero attached hydrogens (tertiary/aromatic N) is 1. The Morgan fingerprint density at radius 2 is 2.17 bits per heavy atom. The van der Waals surface area contributed by atoms with Gasteiger partial charge in [0.25, 0.3) is 0 Å². The maximum Gasteiger partial charge on any atom is 0.0702 e. The highest BCUT2D eigenvalue weighted by Crippen LogP contribution is 2.18. The maximum atomic E-state index is 5.23. The van der Waals surface area contributed by atoms with Gasteiger partial charge in [-0.25, -0.2) is 0 Å². The largest absolute Gasteiger partial charge is 0.382 e. The number of thioether (sulfide) groups is 1. The van der Waals surface area contributed by atoms with Crippen LogP contribution in [0.5, 0.6) is 0 Å². The van der Waals surface area contributed by atoms with Crippen molar-refractivity contribution in [2.75, 3.05) is 12.9 Å². The number of aromatic nitrogens is 1. The number of rotatable bonds is 6. The van der Waals surface area contributed by atoms with Gasteiger partial charge in [-0.2, -0.15) is 11.8 Å². The highest BCUT2D eigenvalue weighted by Gasteiger charge is 2.01. The number of para-hydroxylation sites is 1. The number of methoxy groups -OCH3 is 1. The number of pyridine rings is 1. The third kappa shape index (κ3) is 3.72. The molecule has 3 heteroatoms. The molecule has 1 atom stereocenters.